The van der Waals surface area contributed by atoms with Crippen LogP contribution in [0, 0.1) is 18.6 Å². The summed E-state index contributed by atoms with van der Waals surface area (Å²) in [6.45, 7) is 1.84. The summed E-state index contributed by atoms with van der Waals surface area (Å²) in [6.07, 6.45) is 4.95. The van der Waals surface area contributed by atoms with Gasteiger partial charge in [0.2, 0.25) is 0 Å². The molecule has 0 atom stereocenters. The monoisotopic (exact) mass is 345 g/mol. The number of nitrogen functional groups attached to an aromatic ring is 1. The first-order valence-electron chi connectivity index (χ1n) is 7.25. The van der Waals surface area contributed by atoms with Gasteiger partial charge in [0.05, 0.1) is 0 Å². The standard InChI is InChI=1S/C18H14ClF2N3/c1-10-12(6-11-4-5-24-18(22)17(11)21)8-23-9-15(10)14-7-13(19)2-3-16(14)20/h2-5,7-9H,6H2,1H3,(H2,22,24). The second-order valence-electron chi connectivity index (χ2n) is 5.44. The summed E-state index contributed by atoms with van der Waals surface area (Å²) in [4.78, 5) is 7.87. The van der Waals surface area contributed by atoms with Crippen LogP contribution in [0.25, 0.3) is 11.1 Å². The van der Waals surface area contributed by atoms with Crippen molar-refractivity contribution in [2.75, 3.05) is 5.73 Å². The molecule has 0 aliphatic carbocycles. The maximum absolute atomic E-state index is 14.1. The molecule has 0 aliphatic heterocycles. The Hall–Kier alpha value is -2.53. The molecule has 0 fully saturated rings. The Morgan fingerprint density at radius 3 is 2.67 bits per heavy atom. The van der Waals surface area contributed by atoms with Crippen molar-refractivity contribution in [3.8, 4) is 11.1 Å². The number of nitrogens with two attached hydrogens (primary N) is 1. The highest BCUT2D eigenvalue weighted by molar-refractivity contribution is 6.30. The van der Waals surface area contributed by atoms with Gasteiger partial charge in [0.15, 0.2) is 11.6 Å². The quantitative estimate of drug-likeness (QED) is 0.757. The predicted octanol–water partition coefficient (Wildman–Crippen LogP) is 4.56. The minimum absolute atomic E-state index is 0.143. The molecule has 24 heavy (non-hydrogen) atoms. The van der Waals surface area contributed by atoms with E-state index in [0.29, 0.717) is 21.7 Å². The number of benzene rings is 1. The van der Waals surface area contributed by atoms with E-state index < -0.39 is 5.82 Å². The topological polar surface area (TPSA) is 51.8 Å². The number of hydrogen-bond donors (Lipinski definition) is 1. The summed E-state index contributed by atoms with van der Waals surface area (Å²) >= 11 is 5.97. The Balaban J connectivity index is 2.06. The molecule has 1 aromatic carbocycles. The average Bonchev–Trinajstić information content (AvgIpc) is 2.56. The summed E-state index contributed by atoms with van der Waals surface area (Å²) in [7, 11) is 0. The van der Waals surface area contributed by atoms with Crippen LogP contribution in [0.3, 0.4) is 0 Å². The summed E-state index contributed by atoms with van der Waals surface area (Å²) in [5.41, 5.74) is 8.48. The predicted molar refractivity (Wildman–Crippen MR) is 90.8 cm³/mol. The number of pyridine rings is 2. The molecule has 3 aromatic rings. The van der Waals surface area contributed by atoms with Gasteiger partial charge >= 0.3 is 0 Å². The third-order valence-electron chi connectivity index (χ3n) is 3.92. The van der Waals surface area contributed by atoms with Crippen molar-refractivity contribution in [1.29, 1.82) is 0 Å². The van der Waals surface area contributed by atoms with Crippen LogP contribution in [0.1, 0.15) is 16.7 Å². The zero-order chi connectivity index (χ0) is 17.3. The van der Waals surface area contributed by atoms with Gasteiger partial charge in [-0.1, -0.05) is 11.6 Å². The van der Waals surface area contributed by atoms with Gasteiger partial charge in [-0.2, -0.15) is 0 Å². The molecule has 0 bridgehead atoms. The van der Waals surface area contributed by atoms with Crippen LogP contribution in [0.5, 0.6) is 0 Å². The van der Waals surface area contributed by atoms with Crippen molar-refractivity contribution in [3.63, 3.8) is 0 Å². The largest absolute Gasteiger partial charge is 0.381 e. The number of hydrogen-bond acceptors (Lipinski definition) is 3. The maximum atomic E-state index is 14.1. The van der Waals surface area contributed by atoms with Crippen molar-refractivity contribution in [1.82, 2.24) is 9.97 Å². The van der Waals surface area contributed by atoms with E-state index in [9.17, 15) is 8.78 Å². The van der Waals surface area contributed by atoms with Crippen molar-refractivity contribution in [3.05, 3.63) is 76.2 Å². The van der Waals surface area contributed by atoms with Crippen molar-refractivity contribution in [2.45, 2.75) is 13.3 Å². The molecule has 0 aliphatic rings. The Morgan fingerprint density at radius 1 is 1.08 bits per heavy atom. The Bertz CT molecular complexity index is 913. The van der Waals surface area contributed by atoms with Crippen LogP contribution in [0.2, 0.25) is 5.02 Å². The summed E-state index contributed by atoms with van der Waals surface area (Å²) < 4.78 is 28.2. The fourth-order valence-corrected chi connectivity index (χ4v) is 2.74. The highest BCUT2D eigenvalue weighted by Gasteiger charge is 2.14. The number of rotatable bonds is 3. The minimum Gasteiger partial charge on any atom is -0.381 e. The Labute approximate surface area is 143 Å². The summed E-state index contributed by atoms with van der Waals surface area (Å²) in [5, 5.41) is 0.434. The van der Waals surface area contributed by atoms with Crippen LogP contribution in [-0.2, 0) is 6.42 Å². The molecule has 122 valence electrons. The highest BCUT2D eigenvalue weighted by atomic mass is 35.5. The van der Waals surface area contributed by atoms with E-state index in [2.05, 4.69) is 9.97 Å². The lowest BCUT2D eigenvalue weighted by Crippen LogP contribution is -2.02. The second-order valence-corrected chi connectivity index (χ2v) is 5.88. The molecule has 3 rings (SSSR count). The van der Waals surface area contributed by atoms with Crippen molar-refractivity contribution in [2.24, 2.45) is 0 Å². The molecule has 2 heterocycles. The first kappa shape index (κ1) is 16.3. The maximum Gasteiger partial charge on any atom is 0.168 e. The van der Waals surface area contributed by atoms with E-state index >= 15 is 0 Å². The SMILES string of the molecule is Cc1c(Cc2ccnc(N)c2F)cncc1-c1cc(Cl)ccc1F. The molecule has 0 radical (unpaired) electrons. The molecule has 0 saturated heterocycles. The zero-order valence-corrected chi connectivity index (χ0v) is 13.6. The fourth-order valence-electron chi connectivity index (χ4n) is 2.57. The normalized spacial score (nSPS) is 10.8. The van der Waals surface area contributed by atoms with Crippen LogP contribution in [0.15, 0.2) is 42.9 Å². The molecule has 3 nitrogen and oxygen atoms in total. The molecule has 0 amide bonds. The Morgan fingerprint density at radius 2 is 1.88 bits per heavy atom. The Kier molecular flexibility index (Phi) is 4.44. The van der Waals surface area contributed by atoms with E-state index in [-0.39, 0.29) is 18.1 Å². The number of aromatic nitrogens is 2. The fraction of sp³-hybridized carbons (Fsp3) is 0.111. The van der Waals surface area contributed by atoms with Gasteiger partial charge in [0.1, 0.15) is 5.82 Å². The van der Waals surface area contributed by atoms with E-state index in [1.165, 1.54) is 18.3 Å². The van der Waals surface area contributed by atoms with Crippen LogP contribution >= 0.6 is 11.6 Å². The van der Waals surface area contributed by atoms with Gasteiger partial charge in [-0.25, -0.2) is 13.8 Å². The molecular formula is C18H14ClF2N3. The molecule has 2 N–H and O–H groups in total. The van der Waals surface area contributed by atoms with Gasteiger partial charge in [-0.15, -0.1) is 0 Å². The summed E-state index contributed by atoms with van der Waals surface area (Å²) in [6, 6.07) is 5.92. The average molecular weight is 346 g/mol. The first-order chi connectivity index (χ1) is 11.5. The number of nitrogens with zero attached hydrogens (tertiary/aromatic N) is 2. The molecule has 6 heteroatoms. The van der Waals surface area contributed by atoms with Gasteiger partial charge in [-0.3, -0.25) is 4.98 Å². The van der Waals surface area contributed by atoms with Crippen LogP contribution in [-0.4, -0.2) is 9.97 Å². The lowest BCUT2D eigenvalue weighted by atomic mass is 9.95. The van der Waals surface area contributed by atoms with Gasteiger partial charge in [0.25, 0.3) is 0 Å². The highest BCUT2D eigenvalue weighted by Crippen LogP contribution is 2.30. The molecule has 2 aromatic heterocycles. The minimum atomic E-state index is -0.545. The van der Waals surface area contributed by atoms with Crippen molar-refractivity contribution < 1.29 is 8.78 Å². The number of halogens is 3. The molecular weight excluding hydrogens is 332 g/mol. The van der Waals surface area contributed by atoms with E-state index in [1.54, 1.807) is 24.5 Å². The van der Waals surface area contributed by atoms with Gasteiger partial charge in [0, 0.05) is 41.2 Å². The van der Waals surface area contributed by atoms with Crippen LogP contribution < -0.4 is 5.73 Å². The third-order valence-corrected chi connectivity index (χ3v) is 4.15. The van der Waals surface area contributed by atoms with Gasteiger partial charge in [-0.05, 0) is 47.9 Å². The van der Waals surface area contributed by atoms with E-state index in [0.717, 1.165) is 11.1 Å². The smallest absolute Gasteiger partial charge is 0.168 e. The molecule has 0 unspecified atom stereocenters. The van der Waals surface area contributed by atoms with Crippen LogP contribution in [0.4, 0.5) is 14.6 Å². The van der Waals surface area contributed by atoms with E-state index in [1.807, 2.05) is 6.92 Å². The summed E-state index contributed by atoms with van der Waals surface area (Å²) in [5.74, 6) is -1.08. The lowest BCUT2D eigenvalue weighted by Gasteiger charge is -2.12. The first-order valence-corrected chi connectivity index (χ1v) is 7.63. The number of anilines is 1. The third kappa shape index (κ3) is 3.08. The van der Waals surface area contributed by atoms with E-state index in [4.69, 9.17) is 17.3 Å². The second kappa shape index (κ2) is 6.53. The zero-order valence-electron chi connectivity index (χ0n) is 12.9. The molecule has 0 spiro atoms. The lowest BCUT2D eigenvalue weighted by molar-refractivity contribution is 0.613. The molecule has 0 saturated carbocycles. The van der Waals surface area contributed by atoms with Crippen molar-refractivity contribution >= 4 is 17.4 Å². The van der Waals surface area contributed by atoms with Gasteiger partial charge < -0.3 is 5.73 Å².